The first kappa shape index (κ1) is 15.0. The Balaban J connectivity index is 2.31. The molecule has 2 aromatic rings. The second kappa shape index (κ2) is 5.52. The molecule has 5 nitrogen and oxygen atoms in total. The van der Waals surface area contributed by atoms with Gasteiger partial charge < -0.3 is 9.84 Å². The Morgan fingerprint density at radius 3 is 2.65 bits per heavy atom. The molecule has 0 spiro atoms. The molecule has 1 N–H and O–H groups in total. The molecule has 10 heteroatoms. The zero-order valence-corrected chi connectivity index (χ0v) is 12.3. The number of hydrogen-bond acceptors (Lipinski definition) is 5. The van der Waals surface area contributed by atoms with Crippen LogP contribution in [0, 0.1) is 3.57 Å². The molecule has 0 saturated carbocycles. The van der Waals surface area contributed by atoms with Gasteiger partial charge in [0.2, 0.25) is 0 Å². The van der Waals surface area contributed by atoms with Crippen molar-refractivity contribution in [2.24, 2.45) is 0 Å². The molecule has 0 amide bonds. The van der Waals surface area contributed by atoms with Gasteiger partial charge in [-0.3, -0.25) is 0 Å². The summed E-state index contributed by atoms with van der Waals surface area (Å²) in [5, 5.41) is 8.63. The Labute approximate surface area is 127 Å². The Morgan fingerprint density at radius 2 is 2.10 bits per heavy atom. The van der Waals surface area contributed by atoms with Gasteiger partial charge in [-0.25, -0.2) is 4.79 Å². The third-order valence-electron chi connectivity index (χ3n) is 2.03. The maximum absolute atomic E-state index is 12.3. The molecule has 1 aromatic carbocycles. The number of rotatable bonds is 3. The summed E-state index contributed by atoms with van der Waals surface area (Å²) in [4.78, 5) is 14.2. The topological polar surface area (TPSA) is 72.3 Å². The average molecular weight is 416 g/mol. The van der Waals surface area contributed by atoms with Crippen LogP contribution in [0.2, 0.25) is 0 Å². The van der Waals surface area contributed by atoms with Crippen LogP contribution in [-0.2, 0) is 6.18 Å². The van der Waals surface area contributed by atoms with Crippen LogP contribution in [-0.4, -0.2) is 20.4 Å². The fraction of sp³-hybridized carbons (Fsp3) is 0.100. The molecular weight excluding hydrogens is 412 g/mol. The smallest absolute Gasteiger partial charge is 0.452 e. The van der Waals surface area contributed by atoms with Gasteiger partial charge in [-0.05, 0) is 40.8 Å². The molecule has 2 rings (SSSR count). The molecule has 0 aliphatic rings. The molecule has 0 atom stereocenters. The molecular formula is C10H4F3IN2O3S. The number of carboxylic acid groups (broad SMARTS) is 1. The van der Waals surface area contributed by atoms with E-state index in [0.29, 0.717) is 15.1 Å². The summed E-state index contributed by atoms with van der Waals surface area (Å²) in [5.74, 6) is -2.67. The zero-order valence-electron chi connectivity index (χ0n) is 9.31. The second-order valence-electron chi connectivity index (χ2n) is 3.43. The van der Waals surface area contributed by atoms with Crippen LogP contribution in [0.1, 0.15) is 16.2 Å². The second-order valence-corrected chi connectivity index (χ2v) is 5.39. The van der Waals surface area contributed by atoms with E-state index in [9.17, 15) is 18.0 Å². The lowest BCUT2D eigenvalue weighted by molar-refractivity contribution is -0.144. The molecule has 0 saturated heterocycles. The first-order chi connectivity index (χ1) is 9.27. The SMILES string of the molecule is O=C(O)c1cc(I)ccc1Oc1nc(C(F)(F)F)ns1. The molecule has 0 aliphatic carbocycles. The van der Waals surface area contributed by atoms with Crippen molar-refractivity contribution in [3.05, 3.63) is 33.2 Å². The van der Waals surface area contributed by atoms with Crippen molar-refractivity contribution < 1.29 is 27.8 Å². The highest BCUT2D eigenvalue weighted by Gasteiger charge is 2.36. The Kier molecular flexibility index (Phi) is 4.13. The van der Waals surface area contributed by atoms with Crippen molar-refractivity contribution in [3.63, 3.8) is 0 Å². The summed E-state index contributed by atoms with van der Waals surface area (Å²) >= 11 is 2.31. The van der Waals surface area contributed by atoms with Crippen LogP contribution in [0.3, 0.4) is 0 Å². The monoisotopic (exact) mass is 416 g/mol. The van der Waals surface area contributed by atoms with E-state index in [4.69, 9.17) is 9.84 Å². The number of aromatic carboxylic acids is 1. The number of carboxylic acids is 1. The first-order valence-electron chi connectivity index (χ1n) is 4.89. The lowest BCUT2D eigenvalue weighted by Crippen LogP contribution is -2.07. The van der Waals surface area contributed by atoms with Crippen molar-refractivity contribution in [1.29, 1.82) is 0 Å². The van der Waals surface area contributed by atoms with Gasteiger partial charge in [0.15, 0.2) is 0 Å². The van der Waals surface area contributed by atoms with Crippen LogP contribution >= 0.6 is 34.1 Å². The third kappa shape index (κ3) is 3.36. The molecule has 1 aromatic heterocycles. The highest BCUT2D eigenvalue weighted by Crippen LogP contribution is 2.33. The number of benzene rings is 1. The fourth-order valence-corrected chi connectivity index (χ4v) is 2.27. The van der Waals surface area contributed by atoms with Crippen molar-refractivity contribution in [2.45, 2.75) is 6.18 Å². The zero-order chi connectivity index (χ0) is 14.9. The minimum atomic E-state index is -4.67. The average Bonchev–Trinajstić information content (AvgIpc) is 2.79. The summed E-state index contributed by atoms with van der Waals surface area (Å²) in [6, 6.07) is 4.25. The van der Waals surface area contributed by atoms with Crippen LogP contribution in [0.4, 0.5) is 13.2 Å². The van der Waals surface area contributed by atoms with E-state index in [1.54, 1.807) is 6.07 Å². The van der Waals surface area contributed by atoms with E-state index in [1.807, 2.05) is 22.6 Å². The van der Waals surface area contributed by atoms with E-state index < -0.39 is 18.0 Å². The number of halogens is 4. The molecule has 0 bridgehead atoms. The van der Waals surface area contributed by atoms with E-state index in [1.165, 1.54) is 12.1 Å². The van der Waals surface area contributed by atoms with Gasteiger partial charge in [0.05, 0.1) is 0 Å². The quantitative estimate of drug-likeness (QED) is 0.774. The minimum absolute atomic E-state index is 0.0946. The van der Waals surface area contributed by atoms with Gasteiger partial charge in [-0.2, -0.15) is 22.5 Å². The Bertz CT molecular complexity index is 659. The first-order valence-corrected chi connectivity index (χ1v) is 6.74. The van der Waals surface area contributed by atoms with Gasteiger partial charge in [-0.1, -0.05) is 0 Å². The Morgan fingerprint density at radius 1 is 1.40 bits per heavy atom. The summed E-state index contributed by atoms with van der Waals surface area (Å²) in [7, 11) is 0. The van der Waals surface area contributed by atoms with E-state index in [2.05, 4.69) is 9.36 Å². The van der Waals surface area contributed by atoms with Crippen LogP contribution < -0.4 is 4.74 Å². The lowest BCUT2D eigenvalue weighted by atomic mass is 10.2. The van der Waals surface area contributed by atoms with Crippen molar-refractivity contribution in [1.82, 2.24) is 9.36 Å². The third-order valence-corrected chi connectivity index (χ3v) is 3.30. The van der Waals surface area contributed by atoms with Gasteiger partial charge >= 0.3 is 12.1 Å². The molecule has 20 heavy (non-hydrogen) atoms. The molecule has 0 aliphatic heterocycles. The predicted octanol–water partition coefficient (Wildman–Crippen LogP) is 3.65. The van der Waals surface area contributed by atoms with Crippen molar-refractivity contribution >= 4 is 40.1 Å². The van der Waals surface area contributed by atoms with Crippen LogP contribution in [0.5, 0.6) is 10.9 Å². The van der Waals surface area contributed by atoms with Crippen molar-refractivity contribution in [2.75, 3.05) is 0 Å². The summed E-state index contributed by atoms with van der Waals surface area (Å²) in [5.41, 5.74) is -0.166. The summed E-state index contributed by atoms with van der Waals surface area (Å²) in [6.45, 7) is 0. The fourth-order valence-electron chi connectivity index (χ4n) is 1.22. The number of aromatic nitrogens is 2. The molecule has 1 heterocycles. The normalized spacial score (nSPS) is 11.4. The number of carbonyl (C=O) groups is 1. The lowest BCUT2D eigenvalue weighted by Gasteiger charge is -2.05. The van der Waals surface area contributed by atoms with E-state index in [0.717, 1.165) is 0 Å². The molecule has 0 fully saturated rings. The Hall–Kier alpha value is -1.43. The van der Waals surface area contributed by atoms with Gasteiger partial charge in [0.1, 0.15) is 11.3 Å². The van der Waals surface area contributed by atoms with Gasteiger partial charge in [0.25, 0.3) is 11.0 Å². The van der Waals surface area contributed by atoms with E-state index >= 15 is 0 Å². The van der Waals surface area contributed by atoms with Gasteiger partial charge in [-0.15, -0.1) is 0 Å². The largest absolute Gasteiger partial charge is 0.478 e. The standard InChI is InChI=1S/C10H4F3IN2O3S/c11-10(12,13)8-15-9(20-16-8)19-6-2-1-4(14)3-5(6)7(17)18/h1-3H,(H,17,18). The molecule has 0 unspecified atom stereocenters. The summed E-state index contributed by atoms with van der Waals surface area (Å²) in [6.07, 6.45) is -4.67. The number of ether oxygens (including phenoxy) is 1. The van der Waals surface area contributed by atoms with Gasteiger partial charge in [0, 0.05) is 15.1 Å². The van der Waals surface area contributed by atoms with Crippen LogP contribution in [0.15, 0.2) is 18.2 Å². The maximum Gasteiger partial charge on any atom is 0.452 e. The van der Waals surface area contributed by atoms with Crippen molar-refractivity contribution in [3.8, 4) is 10.9 Å². The highest BCUT2D eigenvalue weighted by molar-refractivity contribution is 14.1. The minimum Gasteiger partial charge on any atom is -0.478 e. The van der Waals surface area contributed by atoms with Crippen LogP contribution in [0.25, 0.3) is 0 Å². The van der Waals surface area contributed by atoms with E-state index in [-0.39, 0.29) is 16.5 Å². The number of alkyl halides is 3. The summed E-state index contributed by atoms with van der Waals surface area (Å²) < 4.78 is 45.8. The maximum atomic E-state index is 12.3. The number of nitrogens with zero attached hydrogens (tertiary/aromatic N) is 2. The highest BCUT2D eigenvalue weighted by atomic mass is 127. The molecule has 0 radical (unpaired) electrons. The predicted molar refractivity (Wildman–Crippen MR) is 71.1 cm³/mol. The molecule has 106 valence electrons. The number of hydrogen-bond donors (Lipinski definition) is 1.